The molecule has 0 saturated carbocycles. The zero-order chi connectivity index (χ0) is 16.4. The molecule has 1 aromatic carbocycles. The van der Waals surface area contributed by atoms with Gasteiger partial charge in [0.1, 0.15) is 0 Å². The zero-order valence-corrected chi connectivity index (χ0v) is 11.6. The van der Waals surface area contributed by atoms with Crippen LogP contribution >= 0.6 is 0 Å². The summed E-state index contributed by atoms with van der Waals surface area (Å²) in [7, 11) is 0. The lowest BCUT2D eigenvalue weighted by atomic mass is 10.1. The number of hydrogen-bond donors (Lipinski definition) is 2. The molecule has 0 unspecified atom stereocenters. The lowest BCUT2D eigenvalue weighted by molar-refractivity contribution is -0.144. The molecule has 9 heteroatoms. The quantitative estimate of drug-likeness (QED) is 0.776. The Labute approximate surface area is 127 Å². The average Bonchev–Trinajstić information content (AvgIpc) is 2.96. The first kappa shape index (κ1) is 14.9. The third kappa shape index (κ3) is 3.28. The fourth-order valence-corrected chi connectivity index (χ4v) is 2.11. The van der Waals surface area contributed by atoms with Gasteiger partial charge in [-0.15, -0.1) is 5.10 Å². The molecule has 0 spiro atoms. The Bertz CT molecular complexity index is 853. The molecule has 1 amide bonds. The van der Waals surface area contributed by atoms with Crippen LogP contribution in [-0.2, 0) is 17.4 Å². The fraction of sp³-hybridized carbons (Fsp3) is 0.143. The van der Waals surface area contributed by atoms with E-state index in [9.17, 15) is 18.0 Å². The molecule has 0 aliphatic rings. The third-order valence-electron chi connectivity index (χ3n) is 3.11. The second-order valence-corrected chi connectivity index (χ2v) is 4.75. The average molecular weight is 321 g/mol. The van der Waals surface area contributed by atoms with Crippen LogP contribution in [0.25, 0.3) is 10.8 Å². The molecule has 0 radical (unpaired) electrons. The van der Waals surface area contributed by atoms with Crippen LogP contribution in [0.1, 0.15) is 11.4 Å². The van der Waals surface area contributed by atoms with Crippen molar-refractivity contribution in [3.8, 4) is 0 Å². The summed E-state index contributed by atoms with van der Waals surface area (Å²) in [6.07, 6.45) is -1.48. The van der Waals surface area contributed by atoms with E-state index in [1.54, 1.807) is 17.5 Å². The first-order valence-corrected chi connectivity index (χ1v) is 6.54. The molecule has 118 valence electrons. The van der Waals surface area contributed by atoms with Gasteiger partial charge >= 0.3 is 6.18 Å². The Morgan fingerprint density at radius 2 is 2.00 bits per heavy atom. The third-order valence-corrected chi connectivity index (χ3v) is 3.11. The Morgan fingerprint density at radius 1 is 1.22 bits per heavy atom. The van der Waals surface area contributed by atoms with E-state index in [0.717, 1.165) is 10.8 Å². The summed E-state index contributed by atoms with van der Waals surface area (Å²) in [5.41, 5.74) is 0.659. The maximum absolute atomic E-state index is 12.4. The number of anilines is 1. The van der Waals surface area contributed by atoms with E-state index < -0.39 is 23.9 Å². The summed E-state index contributed by atoms with van der Waals surface area (Å²) in [4.78, 5) is 19.2. The maximum atomic E-state index is 12.4. The Balaban J connectivity index is 1.75. The first-order valence-electron chi connectivity index (χ1n) is 6.54. The van der Waals surface area contributed by atoms with Crippen molar-refractivity contribution in [2.24, 2.45) is 0 Å². The zero-order valence-electron chi connectivity index (χ0n) is 11.6. The lowest BCUT2D eigenvalue weighted by Crippen LogP contribution is -2.16. The molecule has 3 rings (SSSR count). The monoisotopic (exact) mass is 321 g/mol. The van der Waals surface area contributed by atoms with Crippen LogP contribution < -0.4 is 5.32 Å². The number of alkyl halides is 3. The van der Waals surface area contributed by atoms with Crippen molar-refractivity contribution in [1.29, 1.82) is 0 Å². The first-order chi connectivity index (χ1) is 10.9. The Hall–Kier alpha value is -2.97. The smallest absolute Gasteiger partial charge is 0.293 e. The number of fused-ring (bicyclic) bond motifs is 1. The molecular weight excluding hydrogens is 311 g/mol. The number of halogens is 3. The van der Waals surface area contributed by atoms with E-state index in [-0.39, 0.29) is 6.42 Å². The van der Waals surface area contributed by atoms with Gasteiger partial charge in [0.25, 0.3) is 0 Å². The molecule has 2 aromatic heterocycles. The summed E-state index contributed by atoms with van der Waals surface area (Å²) in [5.74, 6) is -2.22. The van der Waals surface area contributed by atoms with Gasteiger partial charge in [0.2, 0.25) is 17.7 Å². The minimum Gasteiger partial charge on any atom is -0.293 e. The number of pyridine rings is 1. The van der Waals surface area contributed by atoms with E-state index in [4.69, 9.17) is 0 Å². The minimum atomic E-state index is -4.64. The molecule has 6 nitrogen and oxygen atoms in total. The summed E-state index contributed by atoms with van der Waals surface area (Å²) in [6.45, 7) is 0. The summed E-state index contributed by atoms with van der Waals surface area (Å²) in [5, 5.41) is 9.00. The van der Waals surface area contributed by atoms with E-state index in [2.05, 4.69) is 20.4 Å². The van der Waals surface area contributed by atoms with Crippen LogP contribution in [0.15, 0.2) is 36.7 Å². The van der Waals surface area contributed by atoms with Crippen molar-refractivity contribution >= 4 is 22.6 Å². The topological polar surface area (TPSA) is 83.6 Å². The summed E-state index contributed by atoms with van der Waals surface area (Å²) in [6, 6.07) is 7.37. The van der Waals surface area contributed by atoms with Crippen molar-refractivity contribution < 1.29 is 18.0 Å². The standard InChI is InChI=1S/C14H10F3N5O/c15-14(16,17)12-20-13(22-21-12)19-11(23)5-9-7-18-6-8-3-1-2-4-10(8)9/h1-4,6-7H,5H2,(H2,19,20,21,22,23). The molecular formula is C14H10F3N5O. The van der Waals surface area contributed by atoms with Crippen LogP contribution in [-0.4, -0.2) is 26.1 Å². The SMILES string of the molecule is O=C(Cc1cncc2ccccc12)Nc1n[nH]c(C(F)(F)F)n1. The van der Waals surface area contributed by atoms with Gasteiger partial charge in [-0.2, -0.15) is 18.2 Å². The second kappa shape index (κ2) is 5.67. The fourth-order valence-electron chi connectivity index (χ4n) is 2.11. The van der Waals surface area contributed by atoms with Gasteiger partial charge in [-0.25, -0.2) is 0 Å². The van der Waals surface area contributed by atoms with Crippen molar-refractivity contribution in [1.82, 2.24) is 20.2 Å². The van der Waals surface area contributed by atoms with Crippen molar-refractivity contribution in [3.63, 3.8) is 0 Å². The van der Waals surface area contributed by atoms with E-state index in [1.807, 2.05) is 24.3 Å². The number of benzene rings is 1. The summed E-state index contributed by atoms with van der Waals surface area (Å²) < 4.78 is 37.2. The second-order valence-electron chi connectivity index (χ2n) is 4.75. The highest BCUT2D eigenvalue weighted by atomic mass is 19.4. The molecule has 0 aliphatic heterocycles. The largest absolute Gasteiger partial charge is 0.451 e. The van der Waals surface area contributed by atoms with Crippen molar-refractivity contribution in [3.05, 3.63) is 48.0 Å². The number of nitrogens with one attached hydrogen (secondary N) is 2. The summed E-state index contributed by atoms with van der Waals surface area (Å²) >= 11 is 0. The lowest BCUT2D eigenvalue weighted by Gasteiger charge is -2.05. The van der Waals surface area contributed by atoms with Gasteiger partial charge < -0.3 is 0 Å². The van der Waals surface area contributed by atoms with Crippen molar-refractivity contribution in [2.75, 3.05) is 5.32 Å². The molecule has 0 atom stereocenters. The number of aromatic nitrogens is 4. The molecule has 2 heterocycles. The highest BCUT2D eigenvalue weighted by Crippen LogP contribution is 2.26. The van der Waals surface area contributed by atoms with E-state index in [0.29, 0.717) is 5.56 Å². The molecule has 3 aromatic rings. The molecule has 0 bridgehead atoms. The number of aromatic amines is 1. The van der Waals surface area contributed by atoms with Gasteiger partial charge in [-0.05, 0) is 10.9 Å². The van der Waals surface area contributed by atoms with Crippen LogP contribution in [0.2, 0.25) is 0 Å². The number of carbonyl (C=O) groups excluding carboxylic acids is 1. The number of nitrogens with zero attached hydrogens (tertiary/aromatic N) is 3. The molecule has 2 N–H and O–H groups in total. The normalized spacial score (nSPS) is 11.6. The Morgan fingerprint density at radius 3 is 2.74 bits per heavy atom. The van der Waals surface area contributed by atoms with E-state index in [1.165, 1.54) is 0 Å². The highest BCUT2D eigenvalue weighted by Gasteiger charge is 2.35. The number of rotatable bonds is 3. The van der Waals surface area contributed by atoms with Gasteiger partial charge in [0, 0.05) is 17.8 Å². The van der Waals surface area contributed by atoms with E-state index >= 15 is 0 Å². The van der Waals surface area contributed by atoms with Gasteiger partial charge in [0.15, 0.2) is 0 Å². The van der Waals surface area contributed by atoms with Gasteiger partial charge in [0.05, 0.1) is 6.42 Å². The van der Waals surface area contributed by atoms with Gasteiger partial charge in [-0.3, -0.25) is 20.2 Å². The predicted molar refractivity (Wildman–Crippen MR) is 75.5 cm³/mol. The van der Waals surface area contributed by atoms with Crippen molar-refractivity contribution in [2.45, 2.75) is 12.6 Å². The number of amides is 1. The predicted octanol–water partition coefficient (Wildman–Crippen LogP) is 2.55. The van der Waals surface area contributed by atoms with Crippen LogP contribution in [0.4, 0.5) is 19.1 Å². The van der Waals surface area contributed by atoms with Crippen LogP contribution in [0, 0.1) is 0 Å². The van der Waals surface area contributed by atoms with Gasteiger partial charge in [-0.1, -0.05) is 24.3 Å². The molecule has 0 fully saturated rings. The number of H-pyrrole nitrogens is 1. The molecule has 23 heavy (non-hydrogen) atoms. The number of hydrogen-bond acceptors (Lipinski definition) is 4. The maximum Gasteiger partial charge on any atom is 0.451 e. The highest BCUT2D eigenvalue weighted by molar-refractivity contribution is 5.94. The minimum absolute atomic E-state index is 0.0513. The molecule has 0 saturated heterocycles. The van der Waals surface area contributed by atoms with Crippen LogP contribution in [0.3, 0.4) is 0 Å². The van der Waals surface area contributed by atoms with Crippen LogP contribution in [0.5, 0.6) is 0 Å². The Kier molecular flexibility index (Phi) is 3.68. The molecule has 0 aliphatic carbocycles. The number of carbonyl (C=O) groups is 1.